The van der Waals surface area contributed by atoms with E-state index in [0.29, 0.717) is 26.9 Å². The van der Waals surface area contributed by atoms with E-state index in [1.165, 1.54) is 47.4 Å². The molecule has 4 rings (SSSR count). The highest BCUT2D eigenvalue weighted by atomic mass is 79.9. The number of carbonyl (C=O) groups is 2. The number of hydrogen-bond acceptors (Lipinski definition) is 2. The average Bonchev–Trinajstić information content (AvgIpc) is 2.84. The zero-order chi connectivity index (χ0) is 20.5. The molecule has 1 heterocycles. The van der Waals surface area contributed by atoms with Crippen LogP contribution in [0.2, 0.25) is 0 Å². The molecule has 0 saturated carbocycles. The van der Waals surface area contributed by atoms with E-state index in [4.69, 9.17) is 0 Å². The summed E-state index contributed by atoms with van der Waals surface area (Å²) in [6.45, 7) is -0.232. The van der Waals surface area contributed by atoms with Crippen LogP contribution in [0.25, 0.3) is 0 Å². The van der Waals surface area contributed by atoms with Crippen molar-refractivity contribution >= 4 is 33.4 Å². The molecule has 0 fully saturated rings. The topological polar surface area (TPSA) is 49.4 Å². The third-order valence-corrected chi connectivity index (χ3v) is 5.22. The molecule has 0 unspecified atom stereocenters. The predicted octanol–water partition coefficient (Wildman–Crippen LogP) is 4.91. The molecule has 0 saturated heterocycles. The van der Waals surface area contributed by atoms with E-state index in [9.17, 15) is 18.4 Å². The molecule has 3 aromatic carbocycles. The summed E-state index contributed by atoms with van der Waals surface area (Å²) in [6, 6.07) is 15.6. The van der Waals surface area contributed by atoms with E-state index in [2.05, 4.69) is 21.2 Å². The Bertz CT molecular complexity index is 1100. The second-order valence-electron chi connectivity index (χ2n) is 6.68. The molecule has 2 amide bonds. The van der Waals surface area contributed by atoms with Crippen molar-refractivity contribution in [1.82, 2.24) is 4.90 Å². The largest absolute Gasteiger partial charge is 0.324 e. The van der Waals surface area contributed by atoms with Crippen molar-refractivity contribution in [2.75, 3.05) is 11.9 Å². The van der Waals surface area contributed by atoms with E-state index in [0.717, 1.165) is 0 Å². The van der Waals surface area contributed by atoms with Gasteiger partial charge in [-0.3, -0.25) is 9.59 Å². The zero-order valence-corrected chi connectivity index (χ0v) is 16.6. The van der Waals surface area contributed by atoms with Gasteiger partial charge in [0.25, 0.3) is 5.91 Å². The Hall–Kier alpha value is -3.06. The van der Waals surface area contributed by atoms with Crippen LogP contribution in [0.3, 0.4) is 0 Å². The molecule has 29 heavy (non-hydrogen) atoms. The smallest absolute Gasteiger partial charge is 0.255 e. The fourth-order valence-electron chi connectivity index (χ4n) is 3.46. The van der Waals surface area contributed by atoms with Crippen LogP contribution in [0.15, 0.2) is 71.2 Å². The molecule has 4 nitrogen and oxygen atoms in total. The van der Waals surface area contributed by atoms with Crippen molar-refractivity contribution < 1.29 is 18.4 Å². The molecule has 146 valence electrons. The van der Waals surface area contributed by atoms with E-state index in [1.807, 2.05) is 0 Å². The Kier molecular flexibility index (Phi) is 5.15. The summed E-state index contributed by atoms with van der Waals surface area (Å²) in [6.07, 6.45) is 0. The fraction of sp³-hybridized carbons (Fsp3) is 0.0909. The first-order valence-corrected chi connectivity index (χ1v) is 9.63. The lowest BCUT2D eigenvalue weighted by molar-refractivity contribution is -0.117. The van der Waals surface area contributed by atoms with Gasteiger partial charge in [0.2, 0.25) is 5.91 Å². The normalized spacial score (nSPS) is 16.0. The quantitative estimate of drug-likeness (QED) is 0.595. The van der Waals surface area contributed by atoms with E-state index < -0.39 is 29.5 Å². The Balaban J connectivity index is 1.90. The molecular weight excluding hydrogens is 442 g/mol. The van der Waals surface area contributed by atoms with Gasteiger partial charge in [-0.2, -0.15) is 0 Å². The van der Waals surface area contributed by atoms with Gasteiger partial charge < -0.3 is 10.2 Å². The van der Waals surface area contributed by atoms with Gasteiger partial charge in [0.15, 0.2) is 0 Å². The van der Waals surface area contributed by atoms with Gasteiger partial charge in [-0.15, -0.1) is 0 Å². The van der Waals surface area contributed by atoms with Gasteiger partial charge in [-0.1, -0.05) is 34.1 Å². The number of nitrogens with zero attached hydrogens (tertiary/aromatic N) is 1. The summed E-state index contributed by atoms with van der Waals surface area (Å²) < 4.78 is 28.3. The molecule has 1 atom stereocenters. The molecule has 1 aliphatic heterocycles. The maximum atomic E-state index is 14.1. The lowest BCUT2D eigenvalue weighted by Gasteiger charge is -2.30. The van der Waals surface area contributed by atoms with Crippen molar-refractivity contribution in [3.63, 3.8) is 0 Å². The fourth-order valence-corrected chi connectivity index (χ4v) is 3.86. The van der Waals surface area contributed by atoms with Crippen LogP contribution in [-0.2, 0) is 4.79 Å². The van der Waals surface area contributed by atoms with Crippen molar-refractivity contribution in [3.05, 3.63) is 99.5 Å². The van der Waals surface area contributed by atoms with E-state index in [1.54, 1.807) is 24.3 Å². The van der Waals surface area contributed by atoms with Crippen LogP contribution in [0.4, 0.5) is 14.5 Å². The number of amides is 2. The van der Waals surface area contributed by atoms with Crippen LogP contribution in [-0.4, -0.2) is 23.3 Å². The first-order valence-electron chi connectivity index (χ1n) is 8.83. The molecule has 0 aromatic heterocycles. The molecule has 1 N–H and O–H groups in total. The summed E-state index contributed by atoms with van der Waals surface area (Å²) in [5.74, 6) is -1.72. The minimum atomic E-state index is -0.772. The van der Waals surface area contributed by atoms with Crippen molar-refractivity contribution in [2.24, 2.45) is 0 Å². The number of rotatable bonds is 2. The van der Waals surface area contributed by atoms with Crippen LogP contribution in [0.1, 0.15) is 27.5 Å². The molecule has 0 bridgehead atoms. The third kappa shape index (κ3) is 3.91. The number of hydrogen-bond donors (Lipinski definition) is 1. The molecule has 0 radical (unpaired) electrons. The number of carbonyl (C=O) groups excluding carboxylic acids is 2. The lowest BCUT2D eigenvalue weighted by atomic mass is 9.95. The van der Waals surface area contributed by atoms with Crippen LogP contribution >= 0.6 is 15.9 Å². The van der Waals surface area contributed by atoms with E-state index in [-0.39, 0.29) is 6.54 Å². The highest BCUT2D eigenvalue weighted by molar-refractivity contribution is 9.10. The molecule has 7 heteroatoms. The standard InChI is InChI=1S/C22H15BrF2N2O2/c23-15-3-1-2-14(10-15)22(29)27-12-20(28)26-19-9-8-17(25)11-18(19)21(27)13-4-6-16(24)7-5-13/h1-11,21H,12H2,(H,26,28)/t21-/m1/s1. The summed E-state index contributed by atoms with van der Waals surface area (Å²) in [4.78, 5) is 27.2. The second-order valence-corrected chi connectivity index (χ2v) is 7.59. The highest BCUT2D eigenvalue weighted by Gasteiger charge is 2.34. The van der Waals surface area contributed by atoms with Crippen LogP contribution in [0.5, 0.6) is 0 Å². The van der Waals surface area contributed by atoms with Crippen molar-refractivity contribution in [3.8, 4) is 0 Å². The third-order valence-electron chi connectivity index (χ3n) is 4.73. The minimum Gasteiger partial charge on any atom is -0.324 e. The lowest BCUT2D eigenvalue weighted by Crippen LogP contribution is -2.39. The molecule has 3 aromatic rings. The van der Waals surface area contributed by atoms with Crippen LogP contribution in [0, 0.1) is 11.6 Å². The number of fused-ring (bicyclic) bond motifs is 1. The molecule has 1 aliphatic rings. The molecule has 0 aliphatic carbocycles. The SMILES string of the molecule is O=C1CN(C(=O)c2cccc(Br)c2)[C@H](c2ccc(F)cc2)c2cc(F)ccc2N1. The molecular formula is C22H15BrF2N2O2. The Labute approximate surface area is 174 Å². The Morgan fingerprint density at radius 2 is 1.72 bits per heavy atom. The number of halogens is 3. The predicted molar refractivity (Wildman–Crippen MR) is 108 cm³/mol. The maximum Gasteiger partial charge on any atom is 0.255 e. The van der Waals surface area contributed by atoms with Gasteiger partial charge in [-0.25, -0.2) is 8.78 Å². The first kappa shape index (κ1) is 19.3. The van der Waals surface area contributed by atoms with Gasteiger partial charge >= 0.3 is 0 Å². The van der Waals surface area contributed by atoms with Gasteiger partial charge in [0.05, 0.1) is 6.04 Å². The van der Waals surface area contributed by atoms with Crippen LogP contribution < -0.4 is 5.32 Å². The summed E-state index contributed by atoms with van der Waals surface area (Å²) in [5.41, 5.74) is 1.78. The van der Waals surface area contributed by atoms with E-state index >= 15 is 0 Å². The summed E-state index contributed by atoms with van der Waals surface area (Å²) >= 11 is 3.34. The van der Waals surface area contributed by atoms with Gasteiger partial charge in [0.1, 0.15) is 18.2 Å². The minimum absolute atomic E-state index is 0.232. The first-order chi connectivity index (χ1) is 13.9. The summed E-state index contributed by atoms with van der Waals surface area (Å²) in [5, 5.41) is 2.73. The zero-order valence-electron chi connectivity index (χ0n) is 15.0. The Morgan fingerprint density at radius 1 is 1.00 bits per heavy atom. The monoisotopic (exact) mass is 456 g/mol. The highest BCUT2D eigenvalue weighted by Crippen LogP contribution is 2.37. The van der Waals surface area contributed by atoms with Crippen molar-refractivity contribution in [1.29, 1.82) is 0 Å². The maximum absolute atomic E-state index is 14.1. The number of benzene rings is 3. The Morgan fingerprint density at radius 3 is 2.45 bits per heavy atom. The number of anilines is 1. The average molecular weight is 457 g/mol. The summed E-state index contributed by atoms with van der Waals surface area (Å²) in [7, 11) is 0. The van der Waals surface area contributed by atoms with Gasteiger partial charge in [0, 0.05) is 21.3 Å². The number of nitrogens with one attached hydrogen (secondary N) is 1. The molecule has 0 spiro atoms. The van der Waals surface area contributed by atoms with Crippen molar-refractivity contribution in [2.45, 2.75) is 6.04 Å². The second kappa shape index (κ2) is 7.75. The van der Waals surface area contributed by atoms with Gasteiger partial charge in [-0.05, 0) is 54.1 Å².